The standard InChI is InChI=1S/C18H30N2O2/c1-6-14(2)12-19-13-16(15-10-8-7-9-11-15)20-17(21)22-18(3,4)5/h7-11,14,16,19H,6,12-13H2,1-5H3,(H,20,21). The van der Waals surface area contributed by atoms with Crippen LogP contribution >= 0.6 is 0 Å². The maximum Gasteiger partial charge on any atom is 0.408 e. The maximum atomic E-state index is 12.0. The van der Waals surface area contributed by atoms with Crippen LogP contribution < -0.4 is 10.6 Å². The first-order valence-corrected chi connectivity index (χ1v) is 8.07. The number of hydrogen-bond donors (Lipinski definition) is 2. The average Bonchev–Trinajstić information content (AvgIpc) is 2.45. The first kappa shape index (κ1) is 18.5. The number of alkyl carbamates (subject to hydrolysis) is 1. The van der Waals surface area contributed by atoms with Crippen LogP contribution in [-0.4, -0.2) is 24.8 Å². The molecular formula is C18H30N2O2. The Kier molecular flexibility index (Phi) is 7.39. The zero-order valence-electron chi connectivity index (χ0n) is 14.5. The number of amides is 1. The predicted octanol–water partition coefficient (Wildman–Crippen LogP) is 3.89. The molecule has 0 spiro atoms. The number of hydrogen-bond acceptors (Lipinski definition) is 3. The van der Waals surface area contributed by atoms with Gasteiger partial charge in [0.15, 0.2) is 0 Å². The summed E-state index contributed by atoms with van der Waals surface area (Å²) < 4.78 is 5.36. The maximum absolute atomic E-state index is 12.0. The second kappa shape index (κ2) is 8.79. The van der Waals surface area contributed by atoms with Crippen molar-refractivity contribution in [3.63, 3.8) is 0 Å². The molecule has 1 rings (SSSR count). The Morgan fingerprint density at radius 1 is 1.18 bits per heavy atom. The van der Waals surface area contributed by atoms with Crippen LogP contribution in [0.3, 0.4) is 0 Å². The molecule has 0 radical (unpaired) electrons. The van der Waals surface area contributed by atoms with Crippen molar-refractivity contribution in [1.82, 2.24) is 10.6 Å². The third-order valence-corrected chi connectivity index (χ3v) is 3.43. The van der Waals surface area contributed by atoms with Gasteiger partial charge in [0, 0.05) is 6.54 Å². The van der Waals surface area contributed by atoms with Gasteiger partial charge in [-0.3, -0.25) is 0 Å². The van der Waals surface area contributed by atoms with Gasteiger partial charge in [0.2, 0.25) is 0 Å². The van der Waals surface area contributed by atoms with E-state index in [4.69, 9.17) is 4.74 Å². The van der Waals surface area contributed by atoms with Crippen LogP contribution in [0.4, 0.5) is 4.79 Å². The van der Waals surface area contributed by atoms with Crippen LogP contribution in [0.25, 0.3) is 0 Å². The van der Waals surface area contributed by atoms with Gasteiger partial charge in [-0.05, 0) is 38.8 Å². The van der Waals surface area contributed by atoms with Crippen LogP contribution in [-0.2, 0) is 4.74 Å². The highest BCUT2D eigenvalue weighted by molar-refractivity contribution is 5.68. The summed E-state index contributed by atoms with van der Waals surface area (Å²) in [6.45, 7) is 11.6. The van der Waals surface area contributed by atoms with Crippen molar-refractivity contribution in [2.75, 3.05) is 13.1 Å². The smallest absolute Gasteiger partial charge is 0.408 e. The Balaban J connectivity index is 2.65. The first-order valence-electron chi connectivity index (χ1n) is 8.07. The lowest BCUT2D eigenvalue weighted by Crippen LogP contribution is -2.39. The number of nitrogens with one attached hydrogen (secondary N) is 2. The summed E-state index contributed by atoms with van der Waals surface area (Å²) in [7, 11) is 0. The summed E-state index contributed by atoms with van der Waals surface area (Å²) in [6.07, 6.45) is 0.759. The number of carbonyl (C=O) groups is 1. The molecule has 2 unspecified atom stereocenters. The molecule has 0 bridgehead atoms. The lowest BCUT2D eigenvalue weighted by Gasteiger charge is -2.24. The van der Waals surface area contributed by atoms with Gasteiger partial charge in [-0.2, -0.15) is 0 Å². The largest absolute Gasteiger partial charge is 0.444 e. The Labute approximate surface area is 134 Å². The molecule has 0 aliphatic heterocycles. The SMILES string of the molecule is CCC(C)CNCC(NC(=O)OC(C)(C)C)c1ccccc1. The van der Waals surface area contributed by atoms with Crippen molar-refractivity contribution in [2.24, 2.45) is 5.92 Å². The minimum absolute atomic E-state index is 0.0971. The van der Waals surface area contributed by atoms with Crippen LogP contribution in [0.5, 0.6) is 0 Å². The van der Waals surface area contributed by atoms with E-state index >= 15 is 0 Å². The Hall–Kier alpha value is -1.55. The van der Waals surface area contributed by atoms with E-state index in [0.717, 1.165) is 18.5 Å². The summed E-state index contributed by atoms with van der Waals surface area (Å²) >= 11 is 0. The molecular weight excluding hydrogens is 276 g/mol. The van der Waals surface area contributed by atoms with Gasteiger partial charge >= 0.3 is 6.09 Å². The van der Waals surface area contributed by atoms with Crippen molar-refractivity contribution >= 4 is 6.09 Å². The van der Waals surface area contributed by atoms with Gasteiger partial charge in [0.1, 0.15) is 5.60 Å². The molecule has 0 aliphatic rings. The number of carbonyl (C=O) groups excluding carboxylic acids is 1. The van der Waals surface area contributed by atoms with Crippen LogP contribution in [0.15, 0.2) is 30.3 Å². The molecule has 1 aromatic rings. The van der Waals surface area contributed by atoms with E-state index in [1.165, 1.54) is 0 Å². The third-order valence-electron chi connectivity index (χ3n) is 3.43. The molecule has 0 aliphatic carbocycles. The molecule has 2 N–H and O–H groups in total. The summed E-state index contributed by atoms with van der Waals surface area (Å²) in [5.41, 5.74) is 0.583. The van der Waals surface area contributed by atoms with Gasteiger partial charge in [-0.25, -0.2) is 4.79 Å². The highest BCUT2D eigenvalue weighted by Gasteiger charge is 2.20. The quantitative estimate of drug-likeness (QED) is 0.803. The van der Waals surface area contributed by atoms with E-state index in [0.29, 0.717) is 12.5 Å². The van der Waals surface area contributed by atoms with Crippen molar-refractivity contribution in [2.45, 2.75) is 52.7 Å². The van der Waals surface area contributed by atoms with Gasteiger partial charge in [-0.15, -0.1) is 0 Å². The van der Waals surface area contributed by atoms with Crippen LogP contribution in [0, 0.1) is 5.92 Å². The van der Waals surface area contributed by atoms with E-state index in [-0.39, 0.29) is 12.1 Å². The Morgan fingerprint density at radius 3 is 2.36 bits per heavy atom. The molecule has 0 heterocycles. The summed E-state index contributed by atoms with van der Waals surface area (Å²) in [5, 5.41) is 6.39. The zero-order valence-corrected chi connectivity index (χ0v) is 14.5. The molecule has 0 saturated carbocycles. The monoisotopic (exact) mass is 306 g/mol. The van der Waals surface area contributed by atoms with Gasteiger partial charge in [-0.1, -0.05) is 50.6 Å². The lowest BCUT2D eigenvalue weighted by molar-refractivity contribution is 0.0503. The number of benzene rings is 1. The van der Waals surface area contributed by atoms with E-state index in [1.807, 2.05) is 51.1 Å². The fraction of sp³-hybridized carbons (Fsp3) is 0.611. The second-order valence-electron chi connectivity index (χ2n) is 6.78. The molecule has 1 aromatic carbocycles. The van der Waals surface area contributed by atoms with Crippen LogP contribution in [0.2, 0.25) is 0 Å². The Bertz CT molecular complexity index is 440. The summed E-state index contributed by atoms with van der Waals surface area (Å²) in [5.74, 6) is 0.623. The molecule has 124 valence electrons. The normalized spacial score (nSPS) is 14.2. The van der Waals surface area contributed by atoms with Crippen LogP contribution in [0.1, 0.15) is 52.6 Å². The van der Waals surface area contributed by atoms with Crippen molar-refractivity contribution in [3.8, 4) is 0 Å². The lowest BCUT2D eigenvalue weighted by atomic mass is 10.1. The van der Waals surface area contributed by atoms with E-state index in [9.17, 15) is 4.79 Å². The minimum Gasteiger partial charge on any atom is -0.444 e. The van der Waals surface area contributed by atoms with E-state index < -0.39 is 5.60 Å². The predicted molar refractivity (Wildman–Crippen MR) is 90.9 cm³/mol. The third kappa shape index (κ3) is 7.46. The fourth-order valence-corrected chi connectivity index (χ4v) is 2.01. The number of rotatable bonds is 7. The second-order valence-corrected chi connectivity index (χ2v) is 6.78. The van der Waals surface area contributed by atoms with Crippen molar-refractivity contribution in [1.29, 1.82) is 0 Å². The molecule has 4 heteroatoms. The summed E-state index contributed by atoms with van der Waals surface area (Å²) in [4.78, 5) is 12.0. The van der Waals surface area contributed by atoms with Crippen molar-refractivity contribution < 1.29 is 9.53 Å². The zero-order chi connectivity index (χ0) is 16.6. The molecule has 0 saturated heterocycles. The molecule has 4 nitrogen and oxygen atoms in total. The minimum atomic E-state index is -0.491. The van der Waals surface area contributed by atoms with Crippen molar-refractivity contribution in [3.05, 3.63) is 35.9 Å². The highest BCUT2D eigenvalue weighted by Crippen LogP contribution is 2.14. The van der Waals surface area contributed by atoms with E-state index in [2.05, 4.69) is 24.5 Å². The molecule has 1 amide bonds. The fourth-order valence-electron chi connectivity index (χ4n) is 2.01. The molecule has 0 aromatic heterocycles. The highest BCUT2D eigenvalue weighted by atomic mass is 16.6. The average molecular weight is 306 g/mol. The van der Waals surface area contributed by atoms with Gasteiger partial charge < -0.3 is 15.4 Å². The molecule has 22 heavy (non-hydrogen) atoms. The summed E-state index contributed by atoms with van der Waals surface area (Å²) in [6, 6.07) is 9.88. The topological polar surface area (TPSA) is 50.4 Å². The molecule has 2 atom stereocenters. The van der Waals surface area contributed by atoms with Gasteiger partial charge in [0.25, 0.3) is 0 Å². The van der Waals surface area contributed by atoms with Gasteiger partial charge in [0.05, 0.1) is 6.04 Å². The number of ether oxygens (including phenoxy) is 1. The first-order chi connectivity index (χ1) is 10.3. The van der Waals surface area contributed by atoms with E-state index in [1.54, 1.807) is 0 Å². The Morgan fingerprint density at radius 2 is 1.82 bits per heavy atom. The molecule has 0 fully saturated rings.